The lowest BCUT2D eigenvalue weighted by Crippen LogP contribution is -2.01. The first-order valence-electron chi connectivity index (χ1n) is 5.31. The lowest BCUT2D eigenvalue weighted by atomic mass is 10.1. The Morgan fingerprint density at radius 2 is 2.11 bits per heavy atom. The molecule has 4 nitrogen and oxygen atoms in total. The zero-order valence-electron chi connectivity index (χ0n) is 9.21. The number of rotatable bonds is 2. The highest BCUT2D eigenvalue weighted by molar-refractivity contribution is 7.16. The van der Waals surface area contributed by atoms with Crippen molar-refractivity contribution in [3.8, 4) is 0 Å². The van der Waals surface area contributed by atoms with Crippen molar-refractivity contribution in [3.05, 3.63) is 63.5 Å². The topological polar surface area (TPSA) is 62.8 Å². The molecule has 0 unspecified atom stereocenters. The molecule has 0 aliphatic rings. The molecule has 0 bridgehead atoms. The Morgan fingerprint density at radius 1 is 1.22 bits per heavy atom. The first-order valence-corrected chi connectivity index (χ1v) is 6.13. The Morgan fingerprint density at radius 3 is 2.89 bits per heavy atom. The molecule has 0 amide bonds. The van der Waals surface area contributed by atoms with Gasteiger partial charge in [-0.15, -0.1) is 0 Å². The van der Waals surface area contributed by atoms with Gasteiger partial charge in [-0.05, 0) is 30.3 Å². The van der Waals surface area contributed by atoms with Crippen molar-refractivity contribution in [2.24, 2.45) is 0 Å². The highest BCUT2D eigenvalue weighted by Crippen LogP contribution is 2.18. The van der Waals surface area contributed by atoms with E-state index in [9.17, 15) is 9.59 Å². The molecule has 18 heavy (non-hydrogen) atoms. The standard InChI is InChI=1S/C13H8N2O2S/c16-12(9-2-1-5-14-7-9)8-3-4-10-11(6-8)18-13(17)15-10/h1-7H,(H,15,17). The molecule has 0 spiro atoms. The number of thiazole rings is 1. The third-order valence-corrected chi connectivity index (χ3v) is 3.45. The van der Waals surface area contributed by atoms with Crippen molar-refractivity contribution in [2.75, 3.05) is 0 Å². The summed E-state index contributed by atoms with van der Waals surface area (Å²) in [4.78, 5) is 29.9. The monoisotopic (exact) mass is 256 g/mol. The molecule has 5 heteroatoms. The number of aromatic amines is 1. The number of pyridine rings is 1. The minimum absolute atomic E-state index is 0.0918. The van der Waals surface area contributed by atoms with E-state index in [1.165, 1.54) is 6.20 Å². The summed E-state index contributed by atoms with van der Waals surface area (Å²) in [5, 5.41) is 0. The van der Waals surface area contributed by atoms with Crippen LogP contribution in [0.1, 0.15) is 15.9 Å². The number of ketones is 1. The highest BCUT2D eigenvalue weighted by atomic mass is 32.1. The van der Waals surface area contributed by atoms with Gasteiger partial charge in [0.05, 0.1) is 10.2 Å². The van der Waals surface area contributed by atoms with Gasteiger partial charge in [-0.3, -0.25) is 14.6 Å². The fourth-order valence-electron chi connectivity index (χ4n) is 1.75. The zero-order chi connectivity index (χ0) is 12.5. The molecule has 0 aliphatic carbocycles. The summed E-state index contributed by atoms with van der Waals surface area (Å²) in [6.07, 6.45) is 3.16. The number of H-pyrrole nitrogens is 1. The van der Waals surface area contributed by atoms with Crippen LogP contribution in [0.15, 0.2) is 47.5 Å². The molecule has 2 heterocycles. The van der Waals surface area contributed by atoms with Crippen LogP contribution in [0.5, 0.6) is 0 Å². The molecule has 0 saturated heterocycles. The number of aromatic nitrogens is 2. The summed E-state index contributed by atoms with van der Waals surface area (Å²) in [5.74, 6) is -0.0918. The SMILES string of the molecule is O=C(c1cccnc1)c1ccc2[nH]c(=O)sc2c1. The molecule has 2 aromatic heterocycles. The minimum atomic E-state index is -0.115. The summed E-state index contributed by atoms with van der Waals surface area (Å²) < 4.78 is 0.787. The van der Waals surface area contributed by atoms with Gasteiger partial charge >= 0.3 is 4.87 Å². The molecule has 3 aromatic rings. The molecule has 3 rings (SSSR count). The van der Waals surface area contributed by atoms with Crippen LogP contribution in [0, 0.1) is 0 Å². The number of hydrogen-bond donors (Lipinski definition) is 1. The van der Waals surface area contributed by atoms with Crippen molar-refractivity contribution < 1.29 is 4.79 Å². The third kappa shape index (κ3) is 1.84. The van der Waals surface area contributed by atoms with E-state index in [1.54, 1.807) is 36.5 Å². The van der Waals surface area contributed by atoms with Gasteiger partial charge in [-0.2, -0.15) is 0 Å². The van der Waals surface area contributed by atoms with Crippen LogP contribution in [-0.4, -0.2) is 15.8 Å². The number of carbonyl (C=O) groups excluding carboxylic acids is 1. The van der Waals surface area contributed by atoms with Crippen LogP contribution >= 0.6 is 11.3 Å². The summed E-state index contributed by atoms with van der Waals surface area (Å²) in [6, 6.07) is 8.63. The predicted octanol–water partition coefficient (Wildman–Crippen LogP) is 2.22. The fourth-order valence-corrected chi connectivity index (χ4v) is 2.53. The number of nitrogens with zero attached hydrogens (tertiary/aromatic N) is 1. The van der Waals surface area contributed by atoms with Crippen molar-refractivity contribution in [3.63, 3.8) is 0 Å². The van der Waals surface area contributed by atoms with E-state index in [0.29, 0.717) is 11.1 Å². The van der Waals surface area contributed by atoms with Gasteiger partial charge in [-0.1, -0.05) is 11.3 Å². The average molecular weight is 256 g/mol. The summed E-state index contributed by atoms with van der Waals surface area (Å²) in [6.45, 7) is 0. The van der Waals surface area contributed by atoms with Crippen molar-refractivity contribution in [2.45, 2.75) is 0 Å². The Hall–Kier alpha value is -2.27. The molecule has 1 N–H and O–H groups in total. The van der Waals surface area contributed by atoms with Crippen LogP contribution in [-0.2, 0) is 0 Å². The van der Waals surface area contributed by atoms with E-state index < -0.39 is 0 Å². The van der Waals surface area contributed by atoms with E-state index in [1.807, 2.05) is 0 Å². The molecular formula is C13H8N2O2S. The molecule has 88 valence electrons. The molecule has 0 atom stereocenters. The Balaban J connectivity index is 2.09. The van der Waals surface area contributed by atoms with Gasteiger partial charge < -0.3 is 4.98 Å². The highest BCUT2D eigenvalue weighted by Gasteiger charge is 2.10. The molecule has 0 aliphatic heterocycles. The third-order valence-electron chi connectivity index (χ3n) is 2.61. The number of nitrogens with one attached hydrogen (secondary N) is 1. The predicted molar refractivity (Wildman–Crippen MR) is 70.1 cm³/mol. The maximum absolute atomic E-state index is 12.2. The molecular weight excluding hydrogens is 248 g/mol. The van der Waals surface area contributed by atoms with Gasteiger partial charge in [0.1, 0.15) is 0 Å². The number of benzene rings is 1. The first kappa shape index (κ1) is 10.9. The van der Waals surface area contributed by atoms with E-state index in [0.717, 1.165) is 21.6 Å². The van der Waals surface area contributed by atoms with E-state index >= 15 is 0 Å². The summed E-state index contributed by atoms with van der Waals surface area (Å²) in [5.41, 5.74) is 1.86. The van der Waals surface area contributed by atoms with Crippen molar-refractivity contribution in [1.29, 1.82) is 0 Å². The van der Waals surface area contributed by atoms with Crippen LogP contribution in [0.2, 0.25) is 0 Å². The van der Waals surface area contributed by atoms with Crippen molar-refractivity contribution >= 4 is 27.3 Å². The van der Waals surface area contributed by atoms with Gasteiger partial charge in [-0.25, -0.2) is 0 Å². The van der Waals surface area contributed by atoms with Gasteiger partial charge in [0, 0.05) is 23.5 Å². The Bertz CT molecular complexity index is 774. The summed E-state index contributed by atoms with van der Waals surface area (Å²) >= 11 is 1.10. The van der Waals surface area contributed by atoms with Gasteiger partial charge in [0.25, 0.3) is 0 Å². The van der Waals surface area contributed by atoms with Crippen LogP contribution in [0.25, 0.3) is 10.2 Å². The number of carbonyl (C=O) groups is 1. The van der Waals surface area contributed by atoms with Gasteiger partial charge in [0.15, 0.2) is 5.78 Å². The second kappa shape index (κ2) is 4.19. The van der Waals surface area contributed by atoms with E-state index in [-0.39, 0.29) is 10.7 Å². The van der Waals surface area contributed by atoms with Crippen LogP contribution in [0.4, 0.5) is 0 Å². The zero-order valence-corrected chi connectivity index (χ0v) is 10.0. The molecule has 0 fully saturated rings. The van der Waals surface area contributed by atoms with Crippen LogP contribution in [0.3, 0.4) is 0 Å². The summed E-state index contributed by atoms with van der Waals surface area (Å²) in [7, 11) is 0. The molecule has 0 radical (unpaired) electrons. The Labute approximate surface area is 106 Å². The Kier molecular flexibility index (Phi) is 2.53. The lowest BCUT2D eigenvalue weighted by Gasteiger charge is -2.00. The smallest absolute Gasteiger partial charge is 0.305 e. The average Bonchev–Trinajstić information content (AvgIpc) is 2.78. The van der Waals surface area contributed by atoms with Gasteiger partial charge in [0.2, 0.25) is 0 Å². The first-order chi connectivity index (χ1) is 8.74. The quantitative estimate of drug-likeness (QED) is 0.715. The van der Waals surface area contributed by atoms with Crippen LogP contribution < -0.4 is 4.87 Å². The largest absolute Gasteiger partial charge is 0.312 e. The van der Waals surface area contributed by atoms with E-state index in [2.05, 4.69) is 9.97 Å². The maximum atomic E-state index is 12.2. The second-order valence-electron chi connectivity index (χ2n) is 3.80. The second-order valence-corrected chi connectivity index (χ2v) is 4.81. The van der Waals surface area contributed by atoms with E-state index in [4.69, 9.17) is 0 Å². The normalized spacial score (nSPS) is 10.7. The maximum Gasteiger partial charge on any atom is 0.305 e. The number of hydrogen-bond acceptors (Lipinski definition) is 4. The molecule has 0 saturated carbocycles. The molecule has 1 aromatic carbocycles. The fraction of sp³-hybridized carbons (Fsp3) is 0. The minimum Gasteiger partial charge on any atom is -0.312 e. The lowest BCUT2D eigenvalue weighted by molar-refractivity contribution is 0.103. The number of fused-ring (bicyclic) bond motifs is 1. The van der Waals surface area contributed by atoms with Crippen molar-refractivity contribution in [1.82, 2.24) is 9.97 Å².